The van der Waals surface area contributed by atoms with Gasteiger partial charge in [-0.2, -0.15) is 0 Å². The first-order valence-electron chi connectivity index (χ1n) is 6.41. The number of nitrogens with one attached hydrogen (secondary N) is 1. The van der Waals surface area contributed by atoms with Crippen LogP contribution in [0.25, 0.3) is 0 Å². The summed E-state index contributed by atoms with van der Waals surface area (Å²) in [4.78, 5) is 12.1. The third-order valence-corrected chi connectivity index (χ3v) is 3.38. The van der Waals surface area contributed by atoms with E-state index in [4.69, 9.17) is 16.3 Å². The Labute approximate surface area is 127 Å². The molecule has 0 heterocycles. The Morgan fingerprint density at radius 3 is 2.48 bits per heavy atom. The second-order valence-electron chi connectivity index (χ2n) is 4.60. The number of hydrogen-bond donors (Lipinski definition) is 1. The van der Waals surface area contributed by atoms with E-state index in [0.717, 1.165) is 11.6 Å². The Morgan fingerprint density at radius 2 is 1.90 bits per heavy atom. The van der Waals surface area contributed by atoms with Gasteiger partial charge in [0, 0.05) is 10.6 Å². The molecule has 110 valence electrons. The summed E-state index contributed by atoms with van der Waals surface area (Å²) in [6.45, 7) is 1.85. The summed E-state index contributed by atoms with van der Waals surface area (Å²) in [5.41, 5.74) is 1.16. The first-order valence-corrected chi connectivity index (χ1v) is 6.79. The normalized spacial score (nSPS) is 11.8. The van der Waals surface area contributed by atoms with E-state index in [0.29, 0.717) is 5.02 Å². The molecule has 0 spiro atoms. The summed E-state index contributed by atoms with van der Waals surface area (Å²) in [6, 6.07) is 11.1. The fourth-order valence-corrected chi connectivity index (χ4v) is 2.05. The second kappa shape index (κ2) is 6.59. The SMILES string of the molecule is COc1ccc(C(=O)N[C@@H](C)c2ccc(Cl)cc2)cc1F. The van der Waals surface area contributed by atoms with E-state index >= 15 is 0 Å². The number of rotatable bonds is 4. The number of ether oxygens (including phenoxy) is 1. The minimum Gasteiger partial charge on any atom is -0.494 e. The average Bonchev–Trinajstić information content (AvgIpc) is 2.47. The van der Waals surface area contributed by atoms with Gasteiger partial charge in [0.05, 0.1) is 13.2 Å². The summed E-state index contributed by atoms with van der Waals surface area (Å²) < 4.78 is 18.4. The number of carbonyl (C=O) groups excluding carboxylic acids is 1. The highest BCUT2D eigenvalue weighted by Gasteiger charge is 2.13. The van der Waals surface area contributed by atoms with Crippen molar-refractivity contribution in [2.45, 2.75) is 13.0 Å². The number of carbonyl (C=O) groups is 1. The lowest BCUT2D eigenvalue weighted by Crippen LogP contribution is -2.26. The number of methoxy groups -OCH3 is 1. The zero-order valence-corrected chi connectivity index (χ0v) is 12.4. The number of halogens is 2. The zero-order valence-electron chi connectivity index (χ0n) is 11.7. The van der Waals surface area contributed by atoms with Crippen LogP contribution in [-0.2, 0) is 0 Å². The van der Waals surface area contributed by atoms with Crippen LogP contribution in [0.5, 0.6) is 5.75 Å². The molecule has 0 bridgehead atoms. The maximum Gasteiger partial charge on any atom is 0.251 e. The van der Waals surface area contributed by atoms with Crippen LogP contribution in [0.15, 0.2) is 42.5 Å². The lowest BCUT2D eigenvalue weighted by molar-refractivity contribution is 0.0939. The van der Waals surface area contributed by atoms with Crippen molar-refractivity contribution in [3.63, 3.8) is 0 Å². The van der Waals surface area contributed by atoms with E-state index in [1.54, 1.807) is 12.1 Å². The third kappa shape index (κ3) is 3.73. The molecule has 0 radical (unpaired) electrons. The fourth-order valence-electron chi connectivity index (χ4n) is 1.92. The van der Waals surface area contributed by atoms with Crippen LogP contribution in [0, 0.1) is 5.82 Å². The standard InChI is InChI=1S/C16H15ClFNO2/c1-10(11-3-6-13(17)7-4-11)19-16(20)12-5-8-15(21-2)14(18)9-12/h3-10H,1-2H3,(H,19,20)/t10-/m0/s1. The molecule has 5 heteroatoms. The molecule has 0 aromatic heterocycles. The van der Waals surface area contributed by atoms with Crippen LogP contribution in [0.4, 0.5) is 4.39 Å². The van der Waals surface area contributed by atoms with Crippen molar-refractivity contribution >= 4 is 17.5 Å². The predicted molar refractivity (Wildman–Crippen MR) is 80.3 cm³/mol. The molecular formula is C16H15ClFNO2. The molecule has 0 aliphatic heterocycles. The van der Waals surface area contributed by atoms with E-state index in [2.05, 4.69) is 5.32 Å². The van der Waals surface area contributed by atoms with Crippen molar-refractivity contribution in [3.8, 4) is 5.75 Å². The van der Waals surface area contributed by atoms with E-state index in [9.17, 15) is 9.18 Å². The summed E-state index contributed by atoms with van der Waals surface area (Å²) in [5.74, 6) is -0.805. The molecule has 0 saturated carbocycles. The first-order chi connectivity index (χ1) is 10.0. The van der Waals surface area contributed by atoms with Crippen molar-refractivity contribution in [1.82, 2.24) is 5.32 Å². The predicted octanol–water partition coefficient (Wildman–Crippen LogP) is 3.98. The highest BCUT2D eigenvalue weighted by Crippen LogP contribution is 2.19. The van der Waals surface area contributed by atoms with Crippen LogP contribution in [0.2, 0.25) is 5.02 Å². The fraction of sp³-hybridized carbons (Fsp3) is 0.188. The molecule has 2 rings (SSSR count). The van der Waals surface area contributed by atoms with Gasteiger partial charge in [-0.05, 0) is 42.8 Å². The van der Waals surface area contributed by atoms with Gasteiger partial charge in [-0.3, -0.25) is 4.79 Å². The molecule has 1 atom stereocenters. The van der Waals surface area contributed by atoms with Gasteiger partial charge in [-0.1, -0.05) is 23.7 Å². The smallest absolute Gasteiger partial charge is 0.251 e. The van der Waals surface area contributed by atoms with Gasteiger partial charge in [0.15, 0.2) is 11.6 Å². The van der Waals surface area contributed by atoms with Crippen molar-refractivity contribution in [2.24, 2.45) is 0 Å². The Hall–Kier alpha value is -2.07. The number of hydrogen-bond acceptors (Lipinski definition) is 2. The Morgan fingerprint density at radius 1 is 1.24 bits per heavy atom. The zero-order chi connectivity index (χ0) is 15.4. The molecule has 0 aliphatic rings. The summed E-state index contributed by atoms with van der Waals surface area (Å²) in [6.07, 6.45) is 0. The van der Waals surface area contributed by atoms with Crippen LogP contribution < -0.4 is 10.1 Å². The Bertz CT molecular complexity index is 643. The molecule has 1 N–H and O–H groups in total. The number of benzene rings is 2. The van der Waals surface area contributed by atoms with E-state index in [1.165, 1.54) is 19.2 Å². The van der Waals surface area contributed by atoms with Crippen molar-refractivity contribution < 1.29 is 13.9 Å². The molecule has 0 fully saturated rings. The topological polar surface area (TPSA) is 38.3 Å². The largest absolute Gasteiger partial charge is 0.494 e. The molecule has 0 aliphatic carbocycles. The molecule has 2 aromatic rings. The van der Waals surface area contributed by atoms with E-state index in [1.807, 2.05) is 19.1 Å². The van der Waals surface area contributed by atoms with Gasteiger partial charge < -0.3 is 10.1 Å². The minimum absolute atomic E-state index is 0.109. The van der Waals surface area contributed by atoms with Crippen LogP contribution >= 0.6 is 11.6 Å². The molecule has 2 aromatic carbocycles. The summed E-state index contributed by atoms with van der Waals surface area (Å²) in [5, 5.41) is 3.44. The summed E-state index contributed by atoms with van der Waals surface area (Å²) >= 11 is 5.82. The highest BCUT2D eigenvalue weighted by molar-refractivity contribution is 6.30. The van der Waals surface area contributed by atoms with Crippen molar-refractivity contribution in [3.05, 3.63) is 64.4 Å². The molecule has 21 heavy (non-hydrogen) atoms. The van der Waals surface area contributed by atoms with Crippen LogP contribution in [0.3, 0.4) is 0 Å². The van der Waals surface area contributed by atoms with Gasteiger partial charge in [-0.25, -0.2) is 4.39 Å². The maximum absolute atomic E-state index is 13.6. The molecule has 1 amide bonds. The second-order valence-corrected chi connectivity index (χ2v) is 5.03. The lowest BCUT2D eigenvalue weighted by atomic mass is 10.1. The Balaban J connectivity index is 2.10. The molecule has 0 saturated heterocycles. The first kappa shape index (κ1) is 15.3. The maximum atomic E-state index is 13.6. The van der Waals surface area contributed by atoms with Gasteiger partial charge in [-0.15, -0.1) is 0 Å². The van der Waals surface area contributed by atoms with Crippen LogP contribution in [0.1, 0.15) is 28.9 Å². The summed E-state index contributed by atoms with van der Waals surface area (Å²) in [7, 11) is 1.38. The van der Waals surface area contributed by atoms with E-state index in [-0.39, 0.29) is 23.3 Å². The number of amides is 1. The van der Waals surface area contributed by atoms with Crippen molar-refractivity contribution in [2.75, 3.05) is 7.11 Å². The minimum atomic E-state index is -0.565. The van der Waals surface area contributed by atoms with Gasteiger partial charge >= 0.3 is 0 Å². The lowest BCUT2D eigenvalue weighted by Gasteiger charge is -2.14. The molecule has 0 unspecified atom stereocenters. The molecular weight excluding hydrogens is 293 g/mol. The van der Waals surface area contributed by atoms with Gasteiger partial charge in [0.25, 0.3) is 5.91 Å². The van der Waals surface area contributed by atoms with E-state index < -0.39 is 5.82 Å². The van der Waals surface area contributed by atoms with Gasteiger partial charge in [0.1, 0.15) is 0 Å². The van der Waals surface area contributed by atoms with Crippen molar-refractivity contribution in [1.29, 1.82) is 0 Å². The average molecular weight is 308 g/mol. The van der Waals surface area contributed by atoms with Gasteiger partial charge in [0.2, 0.25) is 0 Å². The highest BCUT2D eigenvalue weighted by atomic mass is 35.5. The molecule has 3 nitrogen and oxygen atoms in total. The Kier molecular flexibility index (Phi) is 4.81. The van der Waals surface area contributed by atoms with Crippen LogP contribution in [-0.4, -0.2) is 13.0 Å². The quantitative estimate of drug-likeness (QED) is 0.928. The monoisotopic (exact) mass is 307 g/mol. The third-order valence-electron chi connectivity index (χ3n) is 3.13.